The quantitative estimate of drug-likeness (QED) is 0.800. The zero-order chi connectivity index (χ0) is 16.7. The Labute approximate surface area is 141 Å². The molecule has 0 aliphatic carbocycles. The maximum Gasteiger partial charge on any atom is 0.220 e. The van der Waals surface area contributed by atoms with Crippen LogP contribution in [0.3, 0.4) is 0 Å². The molecule has 1 saturated heterocycles. The fourth-order valence-corrected chi connectivity index (χ4v) is 3.51. The Morgan fingerprint density at radius 1 is 1.26 bits per heavy atom. The van der Waals surface area contributed by atoms with E-state index in [1.54, 1.807) is 0 Å². The van der Waals surface area contributed by atoms with E-state index >= 15 is 0 Å². The molecule has 0 saturated carbocycles. The highest BCUT2D eigenvalue weighted by Gasteiger charge is 2.23. The molecule has 1 amide bonds. The highest BCUT2D eigenvalue weighted by atomic mass is 16.1. The van der Waals surface area contributed by atoms with Gasteiger partial charge in [0, 0.05) is 6.42 Å². The molecule has 128 valence electrons. The number of carbonyl (C=O) groups excluding carboxylic acids is 1. The van der Waals surface area contributed by atoms with Crippen LogP contribution in [0.25, 0.3) is 0 Å². The van der Waals surface area contributed by atoms with Crippen LogP contribution in [0.2, 0.25) is 0 Å². The Morgan fingerprint density at radius 2 is 2.00 bits per heavy atom. The lowest BCUT2D eigenvalue weighted by molar-refractivity contribution is -0.123. The van der Waals surface area contributed by atoms with Crippen LogP contribution in [0.5, 0.6) is 0 Å². The van der Waals surface area contributed by atoms with Crippen molar-refractivity contribution in [2.45, 2.75) is 52.5 Å². The van der Waals surface area contributed by atoms with Crippen molar-refractivity contribution in [3.8, 4) is 0 Å². The van der Waals surface area contributed by atoms with Crippen molar-refractivity contribution in [1.29, 1.82) is 0 Å². The summed E-state index contributed by atoms with van der Waals surface area (Å²) in [6.07, 6.45) is 4.09. The molecule has 0 aromatic heterocycles. The van der Waals surface area contributed by atoms with Crippen LogP contribution in [-0.4, -0.2) is 19.0 Å². The predicted octanol–water partition coefficient (Wildman–Crippen LogP) is 3.92. The van der Waals surface area contributed by atoms with Crippen molar-refractivity contribution >= 4 is 5.91 Å². The Morgan fingerprint density at radius 3 is 2.61 bits per heavy atom. The van der Waals surface area contributed by atoms with Crippen molar-refractivity contribution in [1.82, 2.24) is 10.6 Å². The van der Waals surface area contributed by atoms with Crippen LogP contribution in [-0.2, 0) is 4.79 Å². The molecule has 2 rings (SSSR count). The first-order valence-electron chi connectivity index (χ1n) is 9.11. The van der Waals surface area contributed by atoms with E-state index in [1.165, 1.54) is 18.4 Å². The summed E-state index contributed by atoms with van der Waals surface area (Å²) in [5, 5.41) is 6.73. The SMILES string of the molecule is CC(C)CC(NC(=O)CC(C)C1CCCNC1)c1ccccc1. The molecule has 3 unspecified atom stereocenters. The molecule has 0 bridgehead atoms. The van der Waals surface area contributed by atoms with Gasteiger partial charge in [0.25, 0.3) is 0 Å². The molecule has 1 heterocycles. The molecule has 1 aromatic rings. The molecule has 1 fully saturated rings. The van der Waals surface area contributed by atoms with Crippen molar-refractivity contribution in [2.75, 3.05) is 13.1 Å². The third-order valence-corrected chi connectivity index (χ3v) is 4.89. The minimum Gasteiger partial charge on any atom is -0.349 e. The highest BCUT2D eigenvalue weighted by Crippen LogP contribution is 2.24. The zero-order valence-corrected chi connectivity index (χ0v) is 14.8. The summed E-state index contributed by atoms with van der Waals surface area (Å²) in [5.74, 6) is 1.83. The number of hydrogen-bond acceptors (Lipinski definition) is 2. The first-order chi connectivity index (χ1) is 11.1. The van der Waals surface area contributed by atoms with Gasteiger partial charge in [-0.05, 0) is 55.7 Å². The first-order valence-corrected chi connectivity index (χ1v) is 9.11. The lowest BCUT2D eigenvalue weighted by atomic mass is 9.85. The van der Waals surface area contributed by atoms with Crippen LogP contribution in [0.15, 0.2) is 30.3 Å². The number of rotatable bonds is 7. The van der Waals surface area contributed by atoms with Gasteiger partial charge in [0.1, 0.15) is 0 Å². The second-order valence-electron chi connectivity index (χ2n) is 7.45. The van der Waals surface area contributed by atoms with Gasteiger partial charge in [-0.2, -0.15) is 0 Å². The summed E-state index contributed by atoms with van der Waals surface area (Å²) in [6, 6.07) is 10.5. The van der Waals surface area contributed by atoms with Crippen LogP contribution in [0, 0.1) is 17.8 Å². The highest BCUT2D eigenvalue weighted by molar-refractivity contribution is 5.76. The summed E-state index contributed by atoms with van der Waals surface area (Å²) in [4.78, 5) is 12.5. The summed E-state index contributed by atoms with van der Waals surface area (Å²) >= 11 is 0. The normalized spacial score (nSPS) is 21.0. The minimum absolute atomic E-state index is 0.125. The third kappa shape index (κ3) is 5.98. The van der Waals surface area contributed by atoms with E-state index in [9.17, 15) is 4.79 Å². The van der Waals surface area contributed by atoms with E-state index in [1.807, 2.05) is 18.2 Å². The van der Waals surface area contributed by atoms with Crippen LogP contribution in [0.4, 0.5) is 0 Å². The topological polar surface area (TPSA) is 41.1 Å². The van der Waals surface area contributed by atoms with Crippen molar-refractivity contribution in [3.63, 3.8) is 0 Å². The van der Waals surface area contributed by atoms with E-state index in [-0.39, 0.29) is 11.9 Å². The zero-order valence-electron chi connectivity index (χ0n) is 14.8. The smallest absolute Gasteiger partial charge is 0.220 e. The maximum absolute atomic E-state index is 12.5. The second kappa shape index (κ2) is 9.07. The lowest BCUT2D eigenvalue weighted by Gasteiger charge is -2.29. The van der Waals surface area contributed by atoms with Crippen LogP contribution in [0.1, 0.15) is 58.1 Å². The van der Waals surface area contributed by atoms with E-state index in [4.69, 9.17) is 0 Å². The molecular formula is C20H32N2O. The number of hydrogen-bond donors (Lipinski definition) is 2. The van der Waals surface area contributed by atoms with Gasteiger partial charge in [-0.15, -0.1) is 0 Å². The number of nitrogens with one attached hydrogen (secondary N) is 2. The first kappa shape index (κ1) is 18.0. The number of carbonyl (C=O) groups is 1. The van der Waals surface area contributed by atoms with Gasteiger partial charge in [-0.3, -0.25) is 4.79 Å². The number of amides is 1. The Balaban J connectivity index is 1.91. The van der Waals surface area contributed by atoms with Gasteiger partial charge in [0.2, 0.25) is 5.91 Å². The Bertz CT molecular complexity index is 466. The standard InChI is InChI=1S/C20H32N2O/c1-15(2)12-19(17-8-5-4-6-9-17)22-20(23)13-16(3)18-10-7-11-21-14-18/h4-6,8-9,15-16,18-19,21H,7,10-14H2,1-3H3,(H,22,23). The second-order valence-corrected chi connectivity index (χ2v) is 7.45. The lowest BCUT2D eigenvalue weighted by Crippen LogP contribution is -2.36. The fourth-order valence-electron chi connectivity index (χ4n) is 3.51. The fraction of sp³-hybridized carbons (Fsp3) is 0.650. The monoisotopic (exact) mass is 316 g/mol. The Kier molecular flexibility index (Phi) is 7.10. The van der Waals surface area contributed by atoms with Crippen molar-refractivity contribution in [2.24, 2.45) is 17.8 Å². The van der Waals surface area contributed by atoms with Crippen molar-refractivity contribution < 1.29 is 4.79 Å². The van der Waals surface area contributed by atoms with Gasteiger partial charge in [0.05, 0.1) is 6.04 Å². The largest absolute Gasteiger partial charge is 0.349 e. The van der Waals surface area contributed by atoms with Gasteiger partial charge in [0.15, 0.2) is 0 Å². The number of piperidine rings is 1. The number of benzene rings is 1. The molecule has 1 aromatic carbocycles. The molecule has 0 radical (unpaired) electrons. The third-order valence-electron chi connectivity index (χ3n) is 4.89. The molecular weight excluding hydrogens is 284 g/mol. The predicted molar refractivity (Wildman–Crippen MR) is 96.2 cm³/mol. The molecule has 23 heavy (non-hydrogen) atoms. The van der Waals surface area contributed by atoms with E-state index in [0.717, 1.165) is 19.5 Å². The van der Waals surface area contributed by atoms with Gasteiger partial charge in [-0.1, -0.05) is 51.1 Å². The average Bonchev–Trinajstić information content (AvgIpc) is 2.55. The van der Waals surface area contributed by atoms with Gasteiger partial charge in [-0.25, -0.2) is 0 Å². The minimum atomic E-state index is 0.125. The average molecular weight is 316 g/mol. The molecule has 0 spiro atoms. The molecule has 2 N–H and O–H groups in total. The van der Waals surface area contributed by atoms with E-state index < -0.39 is 0 Å². The maximum atomic E-state index is 12.5. The van der Waals surface area contributed by atoms with Crippen LogP contribution < -0.4 is 10.6 Å². The van der Waals surface area contributed by atoms with Crippen molar-refractivity contribution in [3.05, 3.63) is 35.9 Å². The molecule has 1 aliphatic heterocycles. The van der Waals surface area contributed by atoms with Gasteiger partial charge < -0.3 is 10.6 Å². The van der Waals surface area contributed by atoms with E-state index in [2.05, 4.69) is 43.5 Å². The van der Waals surface area contributed by atoms with Crippen LogP contribution >= 0.6 is 0 Å². The molecule has 3 heteroatoms. The summed E-state index contributed by atoms with van der Waals surface area (Å²) in [7, 11) is 0. The molecule has 1 aliphatic rings. The summed E-state index contributed by atoms with van der Waals surface area (Å²) in [6.45, 7) is 8.82. The van der Waals surface area contributed by atoms with E-state index in [0.29, 0.717) is 24.2 Å². The Hall–Kier alpha value is -1.35. The molecule has 3 atom stereocenters. The summed E-state index contributed by atoms with van der Waals surface area (Å²) in [5.41, 5.74) is 1.21. The summed E-state index contributed by atoms with van der Waals surface area (Å²) < 4.78 is 0. The molecule has 3 nitrogen and oxygen atoms in total. The van der Waals surface area contributed by atoms with Gasteiger partial charge >= 0.3 is 0 Å².